The third-order valence-corrected chi connectivity index (χ3v) is 10.8. The van der Waals surface area contributed by atoms with Gasteiger partial charge in [0.05, 0.1) is 35.6 Å². The van der Waals surface area contributed by atoms with Gasteiger partial charge in [0, 0.05) is 38.8 Å². The number of aryl methyl sites for hydroxylation is 2. The predicted molar refractivity (Wildman–Crippen MR) is 202 cm³/mol. The van der Waals surface area contributed by atoms with Gasteiger partial charge in [-0.15, -0.1) is 0 Å². The molecule has 1 aliphatic heterocycles. The van der Waals surface area contributed by atoms with Gasteiger partial charge < -0.3 is 33.9 Å². The largest absolute Gasteiger partial charge is 0.493 e. The lowest BCUT2D eigenvalue weighted by Gasteiger charge is -2.36. The number of carbonyl (C=O) groups is 2. The molecule has 0 bridgehead atoms. The van der Waals surface area contributed by atoms with Crippen LogP contribution in [0.1, 0.15) is 60.3 Å². The number of piperidine rings is 1. The van der Waals surface area contributed by atoms with E-state index in [0.29, 0.717) is 55.3 Å². The number of amides is 1. The number of nitrogens with one attached hydrogen (secondary N) is 1. The lowest BCUT2D eigenvalue weighted by molar-refractivity contribution is -0.142. The molecule has 1 saturated heterocycles. The molecule has 0 radical (unpaired) electrons. The van der Waals surface area contributed by atoms with Crippen molar-refractivity contribution in [1.29, 1.82) is 0 Å². The first-order chi connectivity index (χ1) is 25.2. The number of ether oxygens (including phenoxy) is 5. The van der Waals surface area contributed by atoms with E-state index in [1.54, 1.807) is 7.11 Å². The van der Waals surface area contributed by atoms with Gasteiger partial charge in [-0.2, -0.15) is 0 Å². The van der Waals surface area contributed by atoms with Crippen molar-refractivity contribution in [2.45, 2.75) is 64.0 Å². The fourth-order valence-electron chi connectivity index (χ4n) is 7.18. The first-order valence-corrected chi connectivity index (χ1v) is 19.1. The second-order valence-corrected chi connectivity index (χ2v) is 15.1. The maximum absolute atomic E-state index is 14.5. The fourth-order valence-corrected chi connectivity index (χ4v) is 7.89. The summed E-state index contributed by atoms with van der Waals surface area (Å²) in [4.78, 5) is 28.5. The maximum atomic E-state index is 14.5. The molecule has 0 spiro atoms. The molecular weight excluding hydrogens is 703 g/mol. The van der Waals surface area contributed by atoms with Crippen LogP contribution in [-0.4, -0.2) is 76.6 Å². The second kappa shape index (κ2) is 18.0. The minimum absolute atomic E-state index is 0.0812. The lowest BCUT2D eigenvalue weighted by Crippen LogP contribution is -2.47. The van der Waals surface area contributed by atoms with Crippen LogP contribution in [0.4, 0.5) is 0 Å². The van der Waals surface area contributed by atoms with E-state index in [1.807, 2.05) is 31.2 Å². The molecule has 9 nitrogen and oxygen atoms in total. The minimum Gasteiger partial charge on any atom is -0.493 e. The average molecular weight is 754 g/mol. The summed E-state index contributed by atoms with van der Waals surface area (Å²) in [7, 11) is 3.14. The van der Waals surface area contributed by atoms with Crippen LogP contribution in [0.2, 0.25) is 10.0 Å². The molecule has 52 heavy (non-hydrogen) atoms. The summed E-state index contributed by atoms with van der Waals surface area (Å²) in [6.45, 7) is 5.73. The maximum Gasteiger partial charge on any atom is 0.309 e. The summed E-state index contributed by atoms with van der Waals surface area (Å²) in [5, 5.41) is 4.45. The van der Waals surface area contributed by atoms with Crippen LogP contribution in [0.15, 0.2) is 54.6 Å². The smallest absolute Gasteiger partial charge is 0.309 e. The zero-order valence-electron chi connectivity index (χ0n) is 30.3. The number of benzene rings is 3. The molecule has 2 saturated carbocycles. The van der Waals surface area contributed by atoms with E-state index in [1.165, 1.54) is 7.11 Å². The molecule has 280 valence electrons. The van der Waals surface area contributed by atoms with Gasteiger partial charge in [0.15, 0.2) is 5.75 Å². The van der Waals surface area contributed by atoms with Crippen molar-refractivity contribution in [3.8, 4) is 17.2 Å². The van der Waals surface area contributed by atoms with E-state index < -0.39 is 0 Å². The van der Waals surface area contributed by atoms with Crippen LogP contribution in [0.5, 0.6) is 17.2 Å². The molecule has 1 N–H and O–H groups in total. The van der Waals surface area contributed by atoms with Crippen molar-refractivity contribution < 1.29 is 33.3 Å². The van der Waals surface area contributed by atoms with Crippen LogP contribution in [0.25, 0.3) is 0 Å². The normalized spacial score (nSPS) is 20.9. The van der Waals surface area contributed by atoms with Gasteiger partial charge in [0.25, 0.3) is 0 Å². The summed E-state index contributed by atoms with van der Waals surface area (Å²) in [6.07, 6.45) is 5.44. The average Bonchev–Trinajstić information content (AvgIpc) is 4.08. The zero-order chi connectivity index (χ0) is 36.6. The summed E-state index contributed by atoms with van der Waals surface area (Å²) in [6, 6.07) is 18.3. The fraction of sp³-hybridized carbons (Fsp3) is 0.512. The van der Waals surface area contributed by atoms with Gasteiger partial charge in [0.1, 0.15) is 24.7 Å². The topological polar surface area (TPSA) is 95.6 Å². The Bertz CT molecular complexity index is 1660. The van der Waals surface area contributed by atoms with Crippen molar-refractivity contribution in [2.75, 3.05) is 53.7 Å². The third-order valence-electron chi connectivity index (χ3n) is 10.2. The summed E-state index contributed by atoms with van der Waals surface area (Å²) in [5.41, 5.74) is 4.32. The highest BCUT2D eigenvalue weighted by molar-refractivity contribution is 6.37. The Morgan fingerprint density at radius 1 is 0.846 bits per heavy atom. The summed E-state index contributed by atoms with van der Waals surface area (Å²) in [5.74, 6) is 2.00. The Morgan fingerprint density at radius 3 is 2.29 bits per heavy atom. The van der Waals surface area contributed by atoms with Crippen molar-refractivity contribution >= 4 is 35.1 Å². The summed E-state index contributed by atoms with van der Waals surface area (Å²) < 4.78 is 28.2. The molecule has 3 aromatic rings. The molecule has 0 unspecified atom stereocenters. The van der Waals surface area contributed by atoms with Gasteiger partial charge in [-0.3, -0.25) is 9.59 Å². The minimum atomic E-state index is -0.177. The third kappa shape index (κ3) is 10.1. The van der Waals surface area contributed by atoms with Crippen molar-refractivity contribution in [2.24, 2.45) is 17.8 Å². The first-order valence-electron chi connectivity index (χ1n) is 18.4. The Morgan fingerprint density at radius 2 is 1.58 bits per heavy atom. The van der Waals surface area contributed by atoms with Crippen molar-refractivity contribution in [1.82, 2.24) is 10.2 Å². The van der Waals surface area contributed by atoms with E-state index >= 15 is 0 Å². The molecular formula is C41H50Cl2N2O7. The van der Waals surface area contributed by atoms with Crippen molar-refractivity contribution in [3.63, 3.8) is 0 Å². The Labute approximate surface area is 317 Å². The van der Waals surface area contributed by atoms with Crippen LogP contribution in [0, 0.1) is 24.7 Å². The number of nitrogens with zero attached hydrogens (tertiary/aromatic N) is 1. The number of rotatable bonds is 18. The molecule has 2 aliphatic carbocycles. The number of hydrogen-bond donors (Lipinski definition) is 1. The zero-order valence-corrected chi connectivity index (χ0v) is 31.8. The highest BCUT2D eigenvalue weighted by Crippen LogP contribution is 2.40. The Hall–Kier alpha value is -3.50. The van der Waals surface area contributed by atoms with E-state index in [4.69, 9.17) is 46.9 Å². The van der Waals surface area contributed by atoms with E-state index in [0.717, 1.165) is 78.8 Å². The summed E-state index contributed by atoms with van der Waals surface area (Å²) >= 11 is 12.6. The number of esters is 1. The number of hydrogen-bond acceptors (Lipinski definition) is 8. The van der Waals surface area contributed by atoms with Crippen LogP contribution in [0.3, 0.4) is 0 Å². The van der Waals surface area contributed by atoms with Gasteiger partial charge in [0.2, 0.25) is 5.91 Å². The molecule has 3 fully saturated rings. The van der Waals surface area contributed by atoms with Crippen molar-refractivity contribution in [3.05, 3.63) is 86.9 Å². The Kier molecular flexibility index (Phi) is 13.2. The highest BCUT2D eigenvalue weighted by atomic mass is 35.5. The molecule has 1 heterocycles. The van der Waals surface area contributed by atoms with Crippen LogP contribution >= 0.6 is 23.2 Å². The molecule has 11 heteroatoms. The van der Waals surface area contributed by atoms with E-state index in [-0.39, 0.29) is 41.6 Å². The second-order valence-electron chi connectivity index (χ2n) is 14.2. The number of halogens is 2. The molecule has 1 amide bonds. The predicted octanol–water partition coefficient (Wildman–Crippen LogP) is 7.41. The van der Waals surface area contributed by atoms with Crippen LogP contribution < -0.4 is 19.5 Å². The molecule has 0 aromatic heterocycles. The monoisotopic (exact) mass is 752 g/mol. The standard InChI is InChI=1S/C41H50Cl2N2O7/c1-26-17-37(42)39(38(43)18-26)51-16-15-50-32-10-6-29(7-11-32)34-12-13-44-23-36(34)40(46)45(31-8-9-31)24-28-19-27(5-4-14-48-2)20-33(21-28)52-25-30-22-35(30)41(47)49-3/h6-7,10-11,17-21,30-31,34-36,44H,4-5,8-9,12-16,22-25H2,1-3H3/t30-,34+,35+,36-/m0/s1. The van der Waals surface area contributed by atoms with E-state index in [2.05, 4.69) is 40.5 Å². The van der Waals surface area contributed by atoms with Gasteiger partial charge in [-0.25, -0.2) is 0 Å². The number of carbonyl (C=O) groups excluding carboxylic acids is 2. The molecule has 6 rings (SSSR count). The quantitative estimate of drug-likeness (QED) is 0.106. The molecule has 3 aliphatic rings. The number of methoxy groups -OCH3 is 2. The highest BCUT2D eigenvalue weighted by Gasteiger charge is 2.44. The first kappa shape index (κ1) is 38.2. The lowest BCUT2D eigenvalue weighted by atomic mass is 9.80. The van der Waals surface area contributed by atoms with E-state index in [9.17, 15) is 9.59 Å². The SMILES string of the molecule is COCCCc1cc(CN(C(=O)[C@H]2CNCC[C@@H]2c2ccc(OCCOc3c(Cl)cc(C)cc3Cl)cc2)C2CC2)cc(OC[C@@H]2C[C@H]2C(=O)OC)c1. The van der Waals surface area contributed by atoms with Gasteiger partial charge >= 0.3 is 5.97 Å². The molecule has 3 aromatic carbocycles. The Balaban J connectivity index is 1.09. The van der Waals surface area contributed by atoms with Gasteiger partial charge in [-0.05, 0) is 117 Å². The van der Waals surface area contributed by atoms with Gasteiger partial charge in [-0.1, -0.05) is 41.4 Å². The van der Waals surface area contributed by atoms with Crippen LogP contribution in [-0.2, 0) is 32.0 Å². The molecule has 4 atom stereocenters.